The molecule has 0 bridgehead atoms. The minimum Gasteiger partial charge on any atom is -0.456 e. The van der Waals surface area contributed by atoms with Crippen LogP contribution in [0.2, 0.25) is 0 Å². The molecular weight excluding hydrogens is 325 g/mol. The summed E-state index contributed by atoms with van der Waals surface area (Å²) in [7, 11) is 0.651. The van der Waals surface area contributed by atoms with Gasteiger partial charge in [-0.05, 0) is 48.4 Å². The predicted octanol–water partition coefficient (Wildman–Crippen LogP) is 4.70. The third-order valence-corrected chi connectivity index (χ3v) is 4.90. The lowest BCUT2D eigenvalue weighted by molar-refractivity contribution is 0.623. The molecule has 0 spiro atoms. The fourth-order valence-corrected chi connectivity index (χ4v) is 3.08. The Bertz CT molecular complexity index is 915. The van der Waals surface area contributed by atoms with Crippen molar-refractivity contribution in [3.8, 4) is 11.3 Å². The highest BCUT2D eigenvalue weighted by Crippen LogP contribution is 2.33. The minimum absolute atomic E-state index is 0.280. The number of halogens is 1. The highest BCUT2D eigenvalue weighted by Gasteiger charge is 2.14. The van der Waals surface area contributed by atoms with Crippen molar-refractivity contribution in [1.82, 2.24) is 0 Å². The van der Waals surface area contributed by atoms with Crippen molar-refractivity contribution in [2.75, 3.05) is 17.6 Å². The molecule has 0 radical (unpaired) electrons. The molecule has 3 nitrogen and oxygen atoms in total. The van der Waals surface area contributed by atoms with Crippen LogP contribution in [0.1, 0.15) is 5.56 Å². The van der Waals surface area contributed by atoms with Crippen LogP contribution in [0.5, 0.6) is 0 Å². The molecule has 0 N–H and O–H groups in total. The second-order valence-corrected chi connectivity index (χ2v) is 6.95. The molecule has 0 aliphatic carbocycles. The van der Waals surface area contributed by atoms with E-state index in [1.807, 2.05) is 24.3 Å². The molecule has 1 aromatic heterocycles. The minimum atomic E-state index is -1.13. The van der Waals surface area contributed by atoms with Crippen LogP contribution in [0, 0.1) is 5.82 Å². The first-order valence-corrected chi connectivity index (χ1v) is 9.01. The zero-order valence-corrected chi connectivity index (χ0v) is 14.4. The van der Waals surface area contributed by atoms with Gasteiger partial charge in [0, 0.05) is 30.3 Å². The van der Waals surface area contributed by atoms with Crippen LogP contribution in [-0.2, 0) is 17.4 Å². The normalized spacial score (nSPS) is 12.3. The van der Waals surface area contributed by atoms with Crippen LogP contribution in [-0.4, -0.2) is 17.5 Å². The first-order chi connectivity index (χ1) is 11.5. The first kappa shape index (κ1) is 16.5. The lowest BCUT2D eigenvalue weighted by Gasteiger charge is -2.19. The van der Waals surface area contributed by atoms with E-state index in [1.165, 1.54) is 12.1 Å². The van der Waals surface area contributed by atoms with E-state index in [1.54, 1.807) is 29.7 Å². The molecule has 1 unspecified atom stereocenters. The van der Waals surface area contributed by atoms with E-state index in [2.05, 4.69) is 6.58 Å². The Morgan fingerprint density at radius 3 is 2.58 bits per heavy atom. The highest BCUT2D eigenvalue weighted by molar-refractivity contribution is 7.85. The van der Waals surface area contributed by atoms with Crippen LogP contribution >= 0.6 is 0 Å². The topological polar surface area (TPSA) is 33.5 Å². The van der Waals surface area contributed by atoms with Gasteiger partial charge in [-0.2, -0.15) is 0 Å². The van der Waals surface area contributed by atoms with Crippen molar-refractivity contribution in [2.45, 2.75) is 6.42 Å². The number of rotatable bonds is 5. The summed E-state index contributed by atoms with van der Waals surface area (Å²) in [6.45, 7) is 3.79. The van der Waals surface area contributed by atoms with Crippen molar-refractivity contribution in [3.05, 3.63) is 66.5 Å². The van der Waals surface area contributed by atoms with Gasteiger partial charge in [-0.1, -0.05) is 6.08 Å². The molecular formula is C19H18FNO2S. The molecule has 5 heteroatoms. The van der Waals surface area contributed by atoms with E-state index in [9.17, 15) is 8.60 Å². The third-order valence-electron chi connectivity index (χ3n) is 3.94. The van der Waals surface area contributed by atoms with E-state index in [4.69, 9.17) is 4.42 Å². The van der Waals surface area contributed by atoms with Crippen LogP contribution in [0.15, 0.2) is 59.5 Å². The Kier molecular flexibility index (Phi) is 4.53. The summed E-state index contributed by atoms with van der Waals surface area (Å²) in [5.41, 5.74) is 3.39. The molecule has 2 aromatic carbocycles. The molecule has 3 rings (SSSR count). The summed E-state index contributed by atoms with van der Waals surface area (Å²) in [4.78, 5) is 0. The van der Waals surface area contributed by atoms with Gasteiger partial charge in [0.15, 0.2) is 0 Å². The van der Waals surface area contributed by atoms with E-state index >= 15 is 0 Å². The third kappa shape index (κ3) is 3.12. The summed E-state index contributed by atoms with van der Waals surface area (Å²) in [5, 5.41) is 0.949. The van der Waals surface area contributed by atoms with Gasteiger partial charge in [0.1, 0.15) is 28.1 Å². The molecule has 1 atom stereocenters. The number of hydrogen-bond donors (Lipinski definition) is 0. The van der Waals surface area contributed by atoms with Crippen LogP contribution in [0.3, 0.4) is 0 Å². The molecule has 0 aliphatic rings. The highest BCUT2D eigenvalue weighted by atomic mass is 32.2. The van der Waals surface area contributed by atoms with Crippen molar-refractivity contribution >= 4 is 27.6 Å². The maximum Gasteiger partial charge on any atom is 0.136 e. The maximum absolute atomic E-state index is 13.1. The molecule has 0 saturated carbocycles. The summed E-state index contributed by atoms with van der Waals surface area (Å²) in [5.74, 6) is 0.393. The Balaban J connectivity index is 2.13. The van der Waals surface area contributed by atoms with Gasteiger partial charge in [0.05, 0.1) is 5.69 Å². The Hall–Kier alpha value is -2.40. The number of fused-ring (bicyclic) bond motifs is 1. The lowest BCUT2D eigenvalue weighted by Crippen LogP contribution is -2.20. The number of nitrogens with zero attached hydrogens (tertiary/aromatic N) is 1. The Morgan fingerprint density at radius 1 is 1.25 bits per heavy atom. The molecule has 0 fully saturated rings. The molecule has 0 aliphatic heterocycles. The van der Waals surface area contributed by atoms with Crippen molar-refractivity contribution in [1.29, 1.82) is 0 Å². The first-order valence-electron chi connectivity index (χ1n) is 7.50. The van der Waals surface area contributed by atoms with Gasteiger partial charge < -0.3 is 4.42 Å². The molecule has 24 heavy (non-hydrogen) atoms. The maximum atomic E-state index is 13.1. The van der Waals surface area contributed by atoms with Gasteiger partial charge in [-0.15, -0.1) is 6.58 Å². The average molecular weight is 343 g/mol. The van der Waals surface area contributed by atoms with Crippen molar-refractivity contribution < 1.29 is 13.0 Å². The van der Waals surface area contributed by atoms with E-state index in [0.717, 1.165) is 22.2 Å². The van der Waals surface area contributed by atoms with Gasteiger partial charge in [-0.3, -0.25) is 4.31 Å². The van der Waals surface area contributed by atoms with Gasteiger partial charge in [0.25, 0.3) is 0 Å². The average Bonchev–Trinajstić information content (AvgIpc) is 2.97. The van der Waals surface area contributed by atoms with E-state index in [0.29, 0.717) is 17.8 Å². The fraction of sp³-hybridized carbons (Fsp3) is 0.158. The molecule has 0 amide bonds. The number of hydrogen-bond acceptors (Lipinski definition) is 2. The lowest BCUT2D eigenvalue weighted by atomic mass is 10.1. The number of allylic oxidation sites excluding steroid dienone is 1. The second kappa shape index (κ2) is 6.61. The van der Waals surface area contributed by atoms with Gasteiger partial charge >= 0.3 is 0 Å². The summed E-state index contributed by atoms with van der Waals surface area (Å²) in [6.07, 6.45) is 4.12. The predicted molar refractivity (Wildman–Crippen MR) is 98.0 cm³/mol. The summed E-state index contributed by atoms with van der Waals surface area (Å²) in [6, 6.07) is 12.0. The number of furan rings is 1. The molecule has 0 saturated heterocycles. The largest absolute Gasteiger partial charge is 0.456 e. The van der Waals surface area contributed by atoms with Crippen molar-refractivity contribution in [2.24, 2.45) is 0 Å². The number of anilines is 1. The summed E-state index contributed by atoms with van der Waals surface area (Å²) >= 11 is 0. The van der Waals surface area contributed by atoms with Gasteiger partial charge in [0.2, 0.25) is 0 Å². The Labute approximate surface area is 143 Å². The quantitative estimate of drug-likeness (QED) is 0.629. The van der Waals surface area contributed by atoms with E-state index in [-0.39, 0.29) is 5.82 Å². The molecule has 124 valence electrons. The monoisotopic (exact) mass is 343 g/mol. The van der Waals surface area contributed by atoms with E-state index < -0.39 is 11.0 Å². The van der Waals surface area contributed by atoms with Gasteiger partial charge in [-0.25, -0.2) is 8.60 Å². The van der Waals surface area contributed by atoms with Crippen molar-refractivity contribution in [3.63, 3.8) is 0 Å². The van der Waals surface area contributed by atoms with Crippen LogP contribution in [0.4, 0.5) is 10.1 Å². The smallest absolute Gasteiger partial charge is 0.136 e. The van der Waals surface area contributed by atoms with Crippen LogP contribution < -0.4 is 4.31 Å². The zero-order chi connectivity index (χ0) is 17.3. The standard InChI is InChI=1S/C19H18FNO2S/c1-4-5-14-10-15-11-18(13-6-8-16(20)9-7-13)23-19(15)12-17(14)21(2)24(3)22/h4,6-12H,1,5H2,2-3H3. The summed E-state index contributed by atoms with van der Waals surface area (Å²) < 4.78 is 32.6. The SMILES string of the molecule is C=CCc1cc2cc(-c3ccc(F)cc3)oc2cc1N(C)S(C)=O. The fourth-order valence-electron chi connectivity index (χ4n) is 2.63. The number of benzene rings is 2. The second-order valence-electron chi connectivity index (χ2n) is 5.55. The zero-order valence-electron chi connectivity index (χ0n) is 13.6. The molecule has 3 aromatic rings. The van der Waals surface area contributed by atoms with Crippen LogP contribution in [0.25, 0.3) is 22.3 Å². The Morgan fingerprint density at radius 2 is 1.96 bits per heavy atom. The molecule has 1 heterocycles.